The summed E-state index contributed by atoms with van der Waals surface area (Å²) in [6.07, 6.45) is 3.22. The number of fused-ring (bicyclic) bond motifs is 1. The molecule has 1 aromatic carbocycles. The number of anilines is 1. The van der Waals surface area contributed by atoms with Crippen LogP contribution in [-0.2, 0) is 6.42 Å². The molecule has 0 aliphatic carbocycles. The van der Waals surface area contributed by atoms with Crippen molar-refractivity contribution in [2.75, 3.05) is 11.4 Å². The average molecular weight is 296 g/mol. The van der Waals surface area contributed by atoms with Gasteiger partial charge in [-0.15, -0.1) is 11.3 Å². The maximum Gasteiger partial charge on any atom is 0.258 e. The van der Waals surface area contributed by atoms with Crippen molar-refractivity contribution in [1.29, 1.82) is 5.26 Å². The Morgan fingerprint density at radius 1 is 1.33 bits per heavy atom. The third-order valence-corrected chi connectivity index (χ3v) is 4.86. The Morgan fingerprint density at radius 2 is 2.19 bits per heavy atom. The Labute approximate surface area is 128 Å². The van der Waals surface area contributed by atoms with Gasteiger partial charge in [0.05, 0.1) is 17.3 Å². The number of aryl methyl sites for hydroxylation is 2. The molecule has 0 N–H and O–H groups in total. The summed E-state index contributed by atoms with van der Waals surface area (Å²) >= 11 is 1.73. The average Bonchev–Trinajstić information content (AvgIpc) is 2.86. The molecule has 0 unspecified atom stereocenters. The van der Waals surface area contributed by atoms with E-state index >= 15 is 0 Å². The Kier molecular flexibility index (Phi) is 3.76. The highest BCUT2D eigenvalue weighted by molar-refractivity contribution is 7.10. The largest absolute Gasteiger partial charge is 0.307 e. The van der Waals surface area contributed by atoms with Gasteiger partial charge in [0.25, 0.3) is 5.91 Å². The van der Waals surface area contributed by atoms with Gasteiger partial charge in [-0.3, -0.25) is 4.79 Å². The molecule has 0 saturated heterocycles. The second-order valence-electron chi connectivity index (χ2n) is 5.28. The molecular weight excluding hydrogens is 280 g/mol. The van der Waals surface area contributed by atoms with Gasteiger partial charge in [0, 0.05) is 17.0 Å². The zero-order valence-electron chi connectivity index (χ0n) is 11.9. The molecule has 3 rings (SSSR count). The summed E-state index contributed by atoms with van der Waals surface area (Å²) in [4.78, 5) is 16.0. The van der Waals surface area contributed by atoms with Gasteiger partial charge >= 0.3 is 0 Å². The van der Waals surface area contributed by atoms with E-state index in [1.54, 1.807) is 23.5 Å². The Bertz CT molecular complexity index is 727. The van der Waals surface area contributed by atoms with Gasteiger partial charge in [-0.1, -0.05) is 0 Å². The minimum Gasteiger partial charge on any atom is -0.307 e. The molecule has 2 aromatic rings. The van der Waals surface area contributed by atoms with Crippen LogP contribution in [0.5, 0.6) is 0 Å². The minimum atomic E-state index is 0.0316. The van der Waals surface area contributed by atoms with Gasteiger partial charge < -0.3 is 4.90 Å². The van der Waals surface area contributed by atoms with Crippen molar-refractivity contribution < 1.29 is 4.79 Å². The van der Waals surface area contributed by atoms with E-state index in [0.717, 1.165) is 37.1 Å². The molecule has 3 nitrogen and oxygen atoms in total. The van der Waals surface area contributed by atoms with E-state index in [0.29, 0.717) is 11.1 Å². The van der Waals surface area contributed by atoms with Gasteiger partial charge in [-0.25, -0.2) is 0 Å². The zero-order valence-corrected chi connectivity index (χ0v) is 12.7. The lowest BCUT2D eigenvalue weighted by atomic mass is 10.0. The van der Waals surface area contributed by atoms with Crippen molar-refractivity contribution in [3.05, 3.63) is 51.2 Å². The highest BCUT2D eigenvalue weighted by Crippen LogP contribution is 2.32. The fraction of sp³-hybridized carbons (Fsp3) is 0.294. The quantitative estimate of drug-likeness (QED) is 0.800. The number of nitrogens with zero attached hydrogens (tertiary/aromatic N) is 2. The number of nitriles is 1. The first-order valence-electron chi connectivity index (χ1n) is 7.09. The maximum absolute atomic E-state index is 12.8. The van der Waals surface area contributed by atoms with Gasteiger partial charge in [-0.2, -0.15) is 5.26 Å². The normalized spacial score (nSPS) is 14.2. The number of carbonyl (C=O) groups is 1. The summed E-state index contributed by atoms with van der Waals surface area (Å²) in [7, 11) is 0. The van der Waals surface area contributed by atoms with E-state index in [1.807, 2.05) is 24.0 Å². The van der Waals surface area contributed by atoms with Crippen molar-refractivity contribution in [1.82, 2.24) is 0 Å². The molecule has 21 heavy (non-hydrogen) atoms. The summed E-state index contributed by atoms with van der Waals surface area (Å²) in [6.45, 7) is 2.63. The van der Waals surface area contributed by atoms with E-state index in [2.05, 4.69) is 11.4 Å². The standard InChI is InChI=1S/C17H16N2OS/c1-12-10-13(5-6-14(12)11-18)17(20)19-8-3-2-4-16-15(19)7-9-21-16/h5-7,9-10H,2-4,8H2,1H3. The lowest BCUT2D eigenvalue weighted by Gasteiger charge is -2.21. The van der Waals surface area contributed by atoms with Crippen LogP contribution in [0.25, 0.3) is 0 Å². The number of amides is 1. The fourth-order valence-electron chi connectivity index (χ4n) is 2.73. The number of benzene rings is 1. The van der Waals surface area contributed by atoms with Gasteiger partial charge in [0.1, 0.15) is 0 Å². The maximum atomic E-state index is 12.8. The monoisotopic (exact) mass is 296 g/mol. The van der Waals surface area contributed by atoms with Crippen LogP contribution in [0, 0.1) is 18.3 Å². The molecule has 0 atom stereocenters. The van der Waals surface area contributed by atoms with Crippen LogP contribution in [0.15, 0.2) is 29.6 Å². The number of carbonyl (C=O) groups excluding carboxylic acids is 1. The molecule has 0 spiro atoms. The van der Waals surface area contributed by atoms with Gasteiger partial charge in [0.15, 0.2) is 0 Å². The molecule has 0 radical (unpaired) electrons. The minimum absolute atomic E-state index is 0.0316. The zero-order chi connectivity index (χ0) is 14.8. The molecule has 1 aromatic heterocycles. The van der Waals surface area contributed by atoms with Crippen LogP contribution in [0.1, 0.15) is 39.2 Å². The third-order valence-electron chi connectivity index (χ3n) is 3.89. The first-order valence-corrected chi connectivity index (χ1v) is 7.97. The van der Waals surface area contributed by atoms with Crippen molar-refractivity contribution in [3.8, 4) is 6.07 Å². The van der Waals surface area contributed by atoms with Gasteiger partial charge in [0.2, 0.25) is 0 Å². The summed E-state index contributed by atoms with van der Waals surface area (Å²) < 4.78 is 0. The molecule has 2 heterocycles. The topological polar surface area (TPSA) is 44.1 Å². The highest BCUT2D eigenvalue weighted by atomic mass is 32.1. The Balaban J connectivity index is 1.96. The van der Waals surface area contributed by atoms with Crippen molar-refractivity contribution in [3.63, 3.8) is 0 Å². The fourth-order valence-corrected chi connectivity index (χ4v) is 3.65. The number of hydrogen-bond donors (Lipinski definition) is 0. The van der Waals surface area contributed by atoms with Crippen LogP contribution < -0.4 is 4.90 Å². The number of hydrogen-bond acceptors (Lipinski definition) is 3. The second-order valence-corrected chi connectivity index (χ2v) is 6.29. The number of rotatable bonds is 1. The predicted octanol–water partition coefficient (Wildman–Crippen LogP) is 3.91. The molecule has 1 aliphatic rings. The smallest absolute Gasteiger partial charge is 0.258 e. The molecule has 0 bridgehead atoms. The van der Waals surface area contributed by atoms with Gasteiger partial charge in [-0.05, 0) is 61.4 Å². The third kappa shape index (κ3) is 2.57. The van der Waals surface area contributed by atoms with E-state index in [-0.39, 0.29) is 5.91 Å². The van der Waals surface area contributed by atoms with Crippen LogP contribution in [0.4, 0.5) is 5.69 Å². The molecule has 0 fully saturated rings. The van der Waals surface area contributed by atoms with E-state index in [1.165, 1.54) is 4.88 Å². The summed E-state index contributed by atoms with van der Waals surface area (Å²) in [5.74, 6) is 0.0316. The molecule has 1 aliphatic heterocycles. The predicted molar refractivity (Wildman–Crippen MR) is 84.8 cm³/mol. The highest BCUT2D eigenvalue weighted by Gasteiger charge is 2.23. The van der Waals surface area contributed by atoms with E-state index in [4.69, 9.17) is 5.26 Å². The van der Waals surface area contributed by atoms with E-state index in [9.17, 15) is 4.79 Å². The van der Waals surface area contributed by atoms with E-state index < -0.39 is 0 Å². The lowest BCUT2D eigenvalue weighted by Crippen LogP contribution is -2.31. The first-order chi connectivity index (χ1) is 10.2. The van der Waals surface area contributed by atoms with Crippen LogP contribution in [0.3, 0.4) is 0 Å². The molecule has 0 saturated carbocycles. The van der Waals surface area contributed by atoms with Crippen molar-refractivity contribution >= 4 is 22.9 Å². The second kappa shape index (κ2) is 5.71. The first kappa shape index (κ1) is 13.8. The summed E-state index contributed by atoms with van der Waals surface area (Å²) in [5.41, 5.74) is 3.19. The SMILES string of the molecule is Cc1cc(C(=O)N2CCCCc3sccc32)ccc1C#N. The van der Waals surface area contributed by atoms with Crippen molar-refractivity contribution in [2.24, 2.45) is 0 Å². The molecule has 4 heteroatoms. The van der Waals surface area contributed by atoms with Crippen LogP contribution in [-0.4, -0.2) is 12.5 Å². The van der Waals surface area contributed by atoms with Crippen LogP contribution in [0.2, 0.25) is 0 Å². The Hall–Kier alpha value is -2.12. The molecule has 106 valence electrons. The molecular formula is C17H16N2OS. The van der Waals surface area contributed by atoms with Crippen LogP contribution >= 0.6 is 11.3 Å². The number of thiophene rings is 1. The molecule has 1 amide bonds. The van der Waals surface area contributed by atoms with Crippen molar-refractivity contribution in [2.45, 2.75) is 26.2 Å². The summed E-state index contributed by atoms with van der Waals surface area (Å²) in [5, 5.41) is 11.0. The lowest BCUT2D eigenvalue weighted by molar-refractivity contribution is 0.0987. The summed E-state index contributed by atoms with van der Waals surface area (Å²) in [6, 6.07) is 9.48. The Morgan fingerprint density at radius 3 is 2.95 bits per heavy atom.